The molecule has 3 heteroatoms. The Bertz CT molecular complexity index is 281. The summed E-state index contributed by atoms with van der Waals surface area (Å²) in [6, 6.07) is 0.241. The molecule has 0 saturated heterocycles. The van der Waals surface area contributed by atoms with E-state index in [1.807, 2.05) is 10.8 Å². The Morgan fingerprint density at radius 3 is 2.71 bits per heavy atom. The lowest BCUT2D eigenvalue weighted by Gasteiger charge is -2.22. The Morgan fingerprint density at radius 2 is 2.21 bits per heavy atom. The van der Waals surface area contributed by atoms with Crippen LogP contribution < -0.4 is 0 Å². The van der Waals surface area contributed by atoms with Crippen molar-refractivity contribution < 1.29 is 5.11 Å². The van der Waals surface area contributed by atoms with Crippen LogP contribution in [-0.2, 0) is 0 Å². The largest absolute Gasteiger partial charge is 0.391 e. The van der Waals surface area contributed by atoms with Gasteiger partial charge in [0.05, 0.1) is 18.5 Å². The Morgan fingerprint density at radius 1 is 1.43 bits per heavy atom. The lowest BCUT2D eigenvalue weighted by atomic mass is 9.92. The van der Waals surface area contributed by atoms with Gasteiger partial charge in [0.2, 0.25) is 0 Å². The van der Waals surface area contributed by atoms with Crippen LogP contribution in [0.4, 0.5) is 0 Å². The van der Waals surface area contributed by atoms with E-state index >= 15 is 0 Å². The fourth-order valence-electron chi connectivity index (χ4n) is 2.51. The SMILES string of the molecule is CC(C)C1CC[C@@H](n2ccnc2)[C@@H]1O. The lowest BCUT2D eigenvalue weighted by molar-refractivity contribution is 0.0750. The number of aromatic nitrogens is 2. The molecule has 0 aliphatic heterocycles. The van der Waals surface area contributed by atoms with Gasteiger partial charge in [-0.15, -0.1) is 0 Å². The van der Waals surface area contributed by atoms with E-state index in [9.17, 15) is 5.11 Å². The molecule has 0 bridgehead atoms. The number of hydrogen-bond donors (Lipinski definition) is 1. The molecule has 1 heterocycles. The van der Waals surface area contributed by atoms with Gasteiger partial charge in [0.1, 0.15) is 0 Å². The van der Waals surface area contributed by atoms with Crippen LogP contribution in [0.2, 0.25) is 0 Å². The maximum absolute atomic E-state index is 10.1. The summed E-state index contributed by atoms with van der Waals surface area (Å²) in [5, 5.41) is 10.1. The molecule has 0 radical (unpaired) electrons. The van der Waals surface area contributed by atoms with Crippen LogP contribution >= 0.6 is 0 Å². The molecule has 1 unspecified atom stereocenters. The standard InChI is InChI=1S/C11H18N2O/c1-8(2)9-3-4-10(11(9)14)13-6-5-12-7-13/h5-11,14H,3-4H2,1-2H3/t9?,10-,11-/m1/s1. The van der Waals surface area contributed by atoms with Crippen molar-refractivity contribution in [2.24, 2.45) is 11.8 Å². The van der Waals surface area contributed by atoms with Gasteiger partial charge in [0.25, 0.3) is 0 Å². The highest BCUT2D eigenvalue weighted by molar-refractivity contribution is 4.93. The minimum absolute atomic E-state index is 0.204. The molecular weight excluding hydrogens is 176 g/mol. The topological polar surface area (TPSA) is 38.0 Å². The predicted molar refractivity (Wildman–Crippen MR) is 54.8 cm³/mol. The zero-order chi connectivity index (χ0) is 10.1. The van der Waals surface area contributed by atoms with Gasteiger partial charge in [-0.3, -0.25) is 0 Å². The second-order valence-corrected chi connectivity index (χ2v) is 4.55. The van der Waals surface area contributed by atoms with Crippen molar-refractivity contribution >= 4 is 0 Å². The van der Waals surface area contributed by atoms with Crippen LogP contribution in [-0.4, -0.2) is 20.8 Å². The highest BCUT2D eigenvalue weighted by Gasteiger charge is 2.36. The molecule has 1 N–H and O–H groups in total. The number of nitrogens with zero attached hydrogens (tertiary/aromatic N) is 2. The summed E-state index contributed by atoms with van der Waals surface area (Å²) in [6.45, 7) is 4.37. The number of imidazole rings is 1. The van der Waals surface area contributed by atoms with Crippen LogP contribution in [0, 0.1) is 11.8 Å². The van der Waals surface area contributed by atoms with E-state index in [1.54, 1.807) is 12.5 Å². The molecule has 1 fully saturated rings. The highest BCUT2D eigenvalue weighted by atomic mass is 16.3. The zero-order valence-corrected chi connectivity index (χ0v) is 8.80. The molecule has 0 aromatic carbocycles. The molecule has 1 aromatic heterocycles. The van der Waals surface area contributed by atoms with E-state index in [0.717, 1.165) is 12.8 Å². The molecule has 78 valence electrons. The average Bonchev–Trinajstić information content (AvgIpc) is 2.71. The van der Waals surface area contributed by atoms with E-state index in [4.69, 9.17) is 0 Å². The average molecular weight is 194 g/mol. The van der Waals surface area contributed by atoms with Crippen LogP contribution in [0.15, 0.2) is 18.7 Å². The van der Waals surface area contributed by atoms with Gasteiger partial charge in [-0.05, 0) is 24.7 Å². The van der Waals surface area contributed by atoms with Gasteiger partial charge in [0, 0.05) is 12.4 Å². The first-order valence-electron chi connectivity index (χ1n) is 5.35. The van der Waals surface area contributed by atoms with Crippen molar-refractivity contribution in [1.82, 2.24) is 9.55 Å². The van der Waals surface area contributed by atoms with E-state index in [1.165, 1.54) is 0 Å². The zero-order valence-electron chi connectivity index (χ0n) is 8.80. The minimum atomic E-state index is -0.204. The molecule has 0 spiro atoms. The maximum atomic E-state index is 10.1. The summed E-state index contributed by atoms with van der Waals surface area (Å²) in [5.74, 6) is 1.01. The fraction of sp³-hybridized carbons (Fsp3) is 0.727. The smallest absolute Gasteiger partial charge is 0.0949 e. The second kappa shape index (κ2) is 3.73. The third-order valence-electron chi connectivity index (χ3n) is 3.39. The lowest BCUT2D eigenvalue weighted by Crippen LogP contribution is -2.26. The van der Waals surface area contributed by atoms with Crippen molar-refractivity contribution in [2.75, 3.05) is 0 Å². The van der Waals surface area contributed by atoms with E-state index in [2.05, 4.69) is 18.8 Å². The summed E-state index contributed by atoms with van der Waals surface area (Å²) in [4.78, 5) is 4.02. The number of hydrogen-bond acceptors (Lipinski definition) is 2. The third-order valence-corrected chi connectivity index (χ3v) is 3.39. The fourth-order valence-corrected chi connectivity index (χ4v) is 2.51. The van der Waals surface area contributed by atoms with Crippen LogP contribution in [0.3, 0.4) is 0 Å². The second-order valence-electron chi connectivity index (χ2n) is 4.55. The Balaban J connectivity index is 2.11. The number of aliphatic hydroxyl groups is 1. The monoisotopic (exact) mass is 194 g/mol. The van der Waals surface area contributed by atoms with Gasteiger partial charge in [-0.2, -0.15) is 0 Å². The van der Waals surface area contributed by atoms with Gasteiger partial charge in [-0.1, -0.05) is 13.8 Å². The minimum Gasteiger partial charge on any atom is -0.391 e. The summed E-state index contributed by atoms with van der Waals surface area (Å²) >= 11 is 0. The van der Waals surface area contributed by atoms with Crippen LogP contribution in [0.25, 0.3) is 0 Å². The molecule has 1 saturated carbocycles. The first-order chi connectivity index (χ1) is 6.70. The quantitative estimate of drug-likeness (QED) is 0.780. The first kappa shape index (κ1) is 9.71. The molecule has 2 rings (SSSR count). The third kappa shape index (κ3) is 1.57. The van der Waals surface area contributed by atoms with Crippen molar-refractivity contribution in [1.29, 1.82) is 0 Å². The van der Waals surface area contributed by atoms with E-state index in [0.29, 0.717) is 11.8 Å². The molecule has 14 heavy (non-hydrogen) atoms. The molecule has 0 amide bonds. The molecular formula is C11H18N2O. The molecule has 1 aliphatic carbocycles. The Labute approximate surface area is 84.8 Å². The maximum Gasteiger partial charge on any atom is 0.0949 e. The molecule has 3 atom stereocenters. The summed E-state index contributed by atoms with van der Waals surface area (Å²) < 4.78 is 2.03. The summed E-state index contributed by atoms with van der Waals surface area (Å²) in [7, 11) is 0. The van der Waals surface area contributed by atoms with Gasteiger partial charge >= 0.3 is 0 Å². The highest BCUT2D eigenvalue weighted by Crippen LogP contribution is 2.38. The van der Waals surface area contributed by atoms with E-state index < -0.39 is 0 Å². The Hall–Kier alpha value is -0.830. The van der Waals surface area contributed by atoms with Gasteiger partial charge in [-0.25, -0.2) is 4.98 Å². The van der Waals surface area contributed by atoms with Crippen LogP contribution in [0.1, 0.15) is 32.7 Å². The van der Waals surface area contributed by atoms with Crippen molar-refractivity contribution in [3.63, 3.8) is 0 Å². The van der Waals surface area contributed by atoms with Gasteiger partial charge < -0.3 is 9.67 Å². The number of aliphatic hydroxyl groups excluding tert-OH is 1. The molecule has 1 aliphatic rings. The van der Waals surface area contributed by atoms with Crippen molar-refractivity contribution in [2.45, 2.75) is 38.8 Å². The van der Waals surface area contributed by atoms with Gasteiger partial charge in [0.15, 0.2) is 0 Å². The molecule has 3 nitrogen and oxygen atoms in total. The normalized spacial score (nSPS) is 32.7. The summed E-state index contributed by atoms with van der Waals surface area (Å²) in [5.41, 5.74) is 0. The van der Waals surface area contributed by atoms with Crippen molar-refractivity contribution in [3.8, 4) is 0 Å². The summed E-state index contributed by atoms with van der Waals surface area (Å²) in [6.07, 6.45) is 7.51. The number of rotatable bonds is 2. The first-order valence-corrected chi connectivity index (χ1v) is 5.35. The Kier molecular flexibility index (Phi) is 2.59. The predicted octanol–water partition coefficient (Wildman–Crippen LogP) is 1.85. The van der Waals surface area contributed by atoms with E-state index in [-0.39, 0.29) is 12.1 Å². The van der Waals surface area contributed by atoms with Crippen molar-refractivity contribution in [3.05, 3.63) is 18.7 Å². The molecule has 1 aromatic rings. The van der Waals surface area contributed by atoms with Crippen LogP contribution in [0.5, 0.6) is 0 Å².